The molecule has 0 amide bonds. The van der Waals surface area contributed by atoms with Crippen molar-refractivity contribution in [2.24, 2.45) is 12.0 Å². The van der Waals surface area contributed by atoms with Gasteiger partial charge in [-0.25, -0.2) is 9.97 Å². The van der Waals surface area contributed by atoms with Crippen molar-refractivity contribution >= 4 is 28.4 Å². The second-order valence-electron chi connectivity index (χ2n) is 6.92. The number of nitrogens with one attached hydrogen (secondary N) is 2. The predicted molar refractivity (Wildman–Crippen MR) is 117 cm³/mol. The van der Waals surface area contributed by atoms with Gasteiger partial charge in [-0.05, 0) is 17.6 Å². The van der Waals surface area contributed by atoms with Crippen LogP contribution in [-0.2, 0) is 7.05 Å². The number of guanidine groups is 1. The Hall–Kier alpha value is -3.42. The zero-order chi connectivity index (χ0) is 20.1. The van der Waals surface area contributed by atoms with Crippen molar-refractivity contribution in [2.45, 2.75) is 6.42 Å². The fourth-order valence-electron chi connectivity index (χ4n) is 3.57. The van der Waals surface area contributed by atoms with Gasteiger partial charge in [0.05, 0.1) is 11.6 Å². The minimum absolute atomic E-state index is 0.721. The normalized spacial score (nSPS) is 14.8. The smallest absolute Gasteiger partial charge is 0.194 e. The molecule has 0 aliphatic carbocycles. The summed E-state index contributed by atoms with van der Waals surface area (Å²) < 4.78 is 1.75. The van der Waals surface area contributed by atoms with Gasteiger partial charge in [-0.1, -0.05) is 36.4 Å². The number of rotatable bonds is 5. The van der Waals surface area contributed by atoms with E-state index in [1.807, 2.05) is 14.1 Å². The van der Waals surface area contributed by atoms with Gasteiger partial charge < -0.3 is 15.5 Å². The number of hydrogen-bond acceptors (Lipinski definition) is 5. The van der Waals surface area contributed by atoms with Crippen molar-refractivity contribution in [1.29, 1.82) is 0 Å². The lowest BCUT2D eigenvalue weighted by atomic mass is 10.00. The molecule has 150 valence electrons. The third-order valence-electron chi connectivity index (χ3n) is 5.10. The van der Waals surface area contributed by atoms with E-state index in [-0.39, 0.29) is 0 Å². The van der Waals surface area contributed by atoms with E-state index in [2.05, 4.69) is 72.0 Å². The maximum Gasteiger partial charge on any atom is 0.194 e. The van der Waals surface area contributed by atoms with Crippen LogP contribution in [0, 0.1) is 0 Å². The minimum Gasteiger partial charge on any atom is -0.368 e. The van der Waals surface area contributed by atoms with E-state index in [0.717, 1.165) is 55.4 Å². The van der Waals surface area contributed by atoms with Crippen molar-refractivity contribution in [3.8, 4) is 0 Å². The zero-order valence-corrected chi connectivity index (χ0v) is 16.8. The minimum atomic E-state index is 0.721. The van der Waals surface area contributed by atoms with Crippen molar-refractivity contribution in [2.75, 3.05) is 38.5 Å². The molecule has 0 fully saturated rings. The van der Waals surface area contributed by atoms with Gasteiger partial charge in [-0.15, -0.1) is 0 Å². The molecule has 8 heteroatoms. The number of benzene rings is 1. The maximum absolute atomic E-state index is 4.44. The molecule has 0 bridgehead atoms. The third-order valence-corrected chi connectivity index (χ3v) is 5.10. The standard InChI is InChI=1S/C21H26N8/c1-22-21(29-12-8-17(9-13-29)16-6-4-3-5-7-16)24-11-10-23-19-18-14-27-28(2)20(18)26-15-25-19/h3-8,14-15H,9-13H2,1-2H3,(H,22,24)(H,23,25,26). The van der Waals surface area contributed by atoms with Crippen molar-refractivity contribution in [1.82, 2.24) is 30.0 Å². The molecule has 4 rings (SSSR count). The monoisotopic (exact) mass is 390 g/mol. The van der Waals surface area contributed by atoms with E-state index in [1.54, 1.807) is 17.2 Å². The van der Waals surface area contributed by atoms with Crippen molar-refractivity contribution < 1.29 is 0 Å². The van der Waals surface area contributed by atoms with Crippen LogP contribution >= 0.6 is 0 Å². The predicted octanol–water partition coefficient (Wildman–Crippen LogP) is 2.14. The number of aromatic nitrogens is 4. The van der Waals surface area contributed by atoms with Crippen LogP contribution in [0.3, 0.4) is 0 Å². The molecule has 0 saturated carbocycles. The molecule has 29 heavy (non-hydrogen) atoms. The van der Waals surface area contributed by atoms with Crippen LogP contribution in [0.25, 0.3) is 16.6 Å². The molecule has 0 atom stereocenters. The van der Waals surface area contributed by atoms with Gasteiger partial charge in [0.25, 0.3) is 0 Å². The lowest BCUT2D eigenvalue weighted by molar-refractivity contribution is 0.441. The Kier molecular flexibility index (Phi) is 5.69. The summed E-state index contributed by atoms with van der Waals surface area (Å²) in [5.74, 6) is 1.72. The van der Waals surface area contributed by atoms with Crippen LogP contribution < -0.4 is 10.6 Å². The molecule has 0 saturated heterocycles. The molecule has 1 aliphatic rings. The Bertz CT molecular complexity index is 1020. The third kappa shape index (κ3) is 4.21. The van der Waals surface area contributed by atoms with Crippen molar-refractivity contribution in [3.63, 3.8) is 0 Å². The molecule has 8 nitrogen and oxygen atoms in total. The molecule has 0 radical (unpaired) electrons. The summed E-state index contributed by atoms with van der Waals surface area (Å²) in [4.78, 5) is 15.3. The summed E-state index contributed by atoms with van der Waals surface area (Å²) in [6.07, 6.45) is 6.66. The molecular weight excluding hydrogens is 364 g/mol. The number of aliphatic imine (C=N–C) groups is 1. The second kappa shape index (κ2) is 8.72. The second-order valence-corrected chi connectivity index (χ2v) is 6.92. The van der Waals surface area contributed by atoms with Gasteiger partial charge in [-0.2, -0.15) is 5.10 Å². The quantitative estimate of drug-likeness (QED) is 0.395. The van der Waals surface area contributed by atoms with Crippen LogP contribution in [0.5, 0.6) is 0 Å². The van der Waals surface area contributed by atoms with Crippen LogP contribution in [0.2, 0.25) is 0 Å². The van der Waals surface area contributed by atoms with Crippen LogP contribution in [0.4, 0.5) is 5.82 Å². The average Bonchev–Trinajstić information content (AvgIpc) is 3.16. The molecule has 0 unspecified atom stereocenters. The first kappa shape index (κ1) is 18.9. The highest BCUT2D eigenvalue weighted by molar-refractivity contribution is 5.86. The van der Waals surface area contributed by atoms with E-state index in [0.29, 0.717) is 0 Å². The summed E-state index contributed by atoms with van der Waals surface area (Å²) in [6.45, 7) is 3.28. The first-order valence-electron chi connectivity index (χ1n) is 9.83. The van der Waals surface area contributed by atoms with E-state index in [1.165, 1.54) is 11.1 Å². The number of hydrogen-bond donors (Lipinski definition) is 2. The number of anilines is 1. The Morgan fingerprint density at radius 3 is 2.79 bits per heavy atom. The highest BCUT2D eigenvalue weighted by Gasteiger charge is 2.16. The van der Waals surface area contributed by atoms with Gasteiger partial charge in [-0.3, -0.25) is 9.67 Å². The number of aryl methyl sites for hydroxylation is 1. The Morgan fingerprint density at radius 2 is 2.03 bits per heavy atom. The average molecular weight is 390 g/mol. The Morgan fingerprint density at radius 1 is 1.17 bits per heavy atom. The molecule has 3 heterocycles. The molecule has 2 N–H and O–H groups in total. The van der Waals surface area contributed by atoms with Crippen molar-refractivity contribution in [3.05, 3.63) is 54.5 Å². The summed E-state index contributed by atoms with van der Waals surface area (Å²) in [5, 5.41) is 12.0. The fraction of sp³-hybridized carbons (Fsp3) is 0.333. The van der Waals surface area contributed by atoms with Crippen LogP contribution in [0.15, 0.2) is 53.9 Å². The van der Waals surface area contributed by atoms with Crippen LogP contribution in [0.1, 0.15) is 12.0 Å². The first-order chi connectivity index (χ1) is 14.3. The van der Waals surface area contributed by atoms with E-state index in [9.17, 15) is 0 Å². The molecule has 1 aromatic carbocycles. The van der Waals surface area contributed by atoms with Crippen LogP contribution in [-0.4, -0.2) is 63.8 Å². The lowest BCUT2D eigenvalue weighted by Crippen LogP contribution is -2.44. The van der Waals surface area contributed by atoms with Gasteiger partial charge >= 0.3 is 0 Å². The summed E-state index contributed by atoms with van der Waals surface area (Å²) in [6, 6.07) is 10.6. The Balaban J connectivity index is 1.29. The van der Waals surface area contributed by atoms with E-state index >= 15 is 0 Å². The largest absolute Gasteiger partial charge is 0.368 e. The zero-order valence-electron chi connectivity index (χ0n) is 16.8. The lowest BCUT2D eigenvalue weighted by Gasteiger charge is -2.29. The molecule has 3 aromatic rings. The SMILES string of the molecule is CN=C(NCCNc1ncnc2c1cnn2C)N1CC=C(c2ccccc2)CC1. The molecule has 2 aromatic heterocycles. The maximum atomic E-state index is 4.44. The summed E-state index contributed by atoms with van der Waals surface area (Å²) in [5.41, 5.74) is 3.54. The van der Waals surface area contributed by atoms with E-state index in [4.69, 9.17) is 0 Å². The van der Waals surface area contributed by atoms with Gasteiger partial charge in [0, 0.05) is 40.3 Å². The highest BCUT2D eigenvalue weighted by atomic mass is 15.3. The number of nitrogens with zero attached hydrogens (tertiary/aromatic N) is 6. The van der Waals surface area contributed by atoms with Gasteiger partial charge in [0.1, 0.15) is 12.1 Å². The summed E-state index contributed by atoms with van der Waals surface area (Å²) in [7, 11) is 3.71. The van der Waals surface area contributed by atoms with Gasteiger partial charge in [0.15, 0.2) is 11.6 Å². The summed E-state index contributed by atoms with van der Waals surface area (Å²) >= 11 is 0. The molecule has 0 spiro atoms. The molecular formula is C21H26N8. The number of fused-ring (bicyclic) bond motifs is 1. The molecule has 1 aliphatic heterocycles. The highest BCUT2D eigenvalue weighted by Crippen LogP contribution is 2.22. The Labute approximate surface area is 170 Å². The fourth-order valence-corrected chi connectivity index (χ4v) is 3.57. The topological polar surface area (TPSA) is 83.3 Å². The van der Waals surface area contributed by atoms with E-state index < -0.39 is 0 Å². The van der Waals surface area contributed by atoms with Gasteiger partial charge in [0.2, 0.25) is 0 Å². The first-order valence-corrected chi connectivity index (χ1v) is 9.83.